The van der Waals surface area contributed by atoms with Gasteiger partial charge in [-0.3, -0.25) is 0 Å². The van der Waals surface area contributed by atoms with Gasteiger partial charge in [-0.15, -0.1) is 0 Å². The van der Waals surface area contributed by atoms with Crippen LogP contribution in [0.5, 0.6) is 0 Å². The fourth-order valence-corrected chi connectivity index (χ4v) is 3.77. The van der Waals surface area contributed by atoms with E-state index in [1.54, 1.807) is 6.42 Å². The predicted octanol–water partition coefficient (Wildman–Crippen LogP) is 4.49. The van der Waals surface area contributed by atoms with Crippen molar-refractivity contribution in [1.29, 1.82) is 0 Å². The van der Waals surface area contributed by atoms with E-state index >= 15 is 0 Å². The van der Waals surface area contributed by atoms with Crippen LogP contribution in [-0.4, -0.2) is 0 Å². The van der Waals surface area contributed by atoms with Crippen molar-refractivity contribution in [2.75, 3.05) is 0 Å². The van der Waals surface area contributed by atoms with E-state index in [1.165, 1.54) is 32.1 Å². The number of hydrogen-bond acceptors (Lipinski definition) is 0. The zero-order chi connectivity index (χ0) is 10.1. The molecule has 0 aromatic heterocycles. The molecule has 2 saturated carbocycles. The summed E-state index contributed by atoms with van der Waals surface area (Å²) in [7, 11) is 0. The topological polar surface area (TPSA) is 0 Å². The highest BCUT2D eigenvalue weighted by Gasteiger charge is 2.33. The summed E-state index contributed by atoms with van der Waals surface area (Å²) in [6.07, 6.45) is 9.12. The molecule has 2 rings (SSSR count). The van der Waals surface area contributed by atoms with Gasteiger partial charge in [-0.25, -0.2) is 0 Å². The highest BCUT2D eigenvalue weighted by molar-refractivity contribution is 4.83. The Morgan fingerprint density at radius 1 is 0.929 bits per heavy atom. The van der Waals surface area contributed by atoms with Crippen LogP contribution in [0.2, 0.25) is 0 Å². The van der Waals surface area contributed by atoms with Crippen molar-refractivity contribution in [2.24, 2.45) is 29.6 Å². The van der Waals surface area contributed by atoms with Crippen LogP contribution in [0.25, 0.3) is 0 Å². The molecule has 0 amide bonds. The fraction of sp³-hybridized carbons (Fsp3) is 1.00. The van der Waals surface area contributed by atoms with Crippen LogP contribution >= 0.6 is 0 Å². The maximum Gasteiger partial charge on any atom is -0.0383 e. The first kappa shape index (κ1) is 10.5. The van der Waals surface area contributed by atoms with Crippen molar-refractivity contribution in [1.82, 2.24) is 0 Å². The monoisotopic (exact) mass is 194 g/mol. The second-order valence-corrected chi connectivity index (χ2v) is 6.19. The molecule has 2 aliphatic carbocycles. The molecule has 5 atom stereocenters. The van der Waals surface area contributed by atoms with Crippen molar-refractivity contribution in [3.8, 4) is 0 Å². The first-order valence-electron chi connectivity index (χ1n) is 6.66. The van der Waals surface area contributed by atoms with E-state index in [-0.39, 0.29) is 0 Å². The van der Waals surface area contributed by atoms with Crippen LogP contribution in [0.1, 0.15) is 59.3 Å². The van der Waals surface area contributed by atoms with Gasteiger partial charge in [0.15, 0.2) is 0 Å². The number of hydrogen-bond donors (Lipinski definition) is 0. The largest absolute Gasteiger partial charge is 0.0625 e. The van der Waals surface area contributed by atoms with Crippen molar-refractivity contribution in [2.45, 2.75) is 59.3 Å². The third-order valence-corrected chi connectivity index (χ3v) is 5.07. The van der Waals surface area contributed by atoms with Crippen LogP contribution in [0.3, 0.4) is 0 Å². The standard InChI is InChI=1S/C14H26/c1-10-4-6-13(8-10)9-14-7-5-11(2)12(14)3/h10-14H,4-9H2,1-3H3. The van der Waals surface area contributed by atoms with Crippen LogP contribution in [0, 0.1) is 29.6 Å². The van der Waals surface area contributed by atoms with Crippen LogP contribution in [0.4, 0.5) is 0 Å². The molecule has 0 heterocycles. The van der Waals surface area contributed by atoms with Crippen LogP contribution < -0.4 is 0 Å². The molecule has 0 aliphatic heterocycles. The molecule has 0 aromatic carbocycles. The predicted molar refractivity (Wildman–Crippen MR) is 62.2 cm³/mol. The lowest BCUT2D eigenvalue weighted by Crippen LogP contribution is -2.12. The van der Waals surface area contributed by atoms with E-state index in [1.807, 2.05) is 0 Å². The summed E-state index contributed by atoms with van der Waals surface area (Å²) in [5.74, 6) is 5.18. The Kier molecular flexibility index (Phi) is 3.19. The van der Waals surface area contributed by atoms with Crippen molar-refractivity contribution in [3.05, 3.63) is 0 Å². The quantitative estimate of drug-likeness (QED) is 0.607. The minimum Gasteiger partial charge on any atom is -0.0625 e. The first-order valence-corrected chi connectivity index (χ1v) is 6.66. The molecular weight excluding hydrogens is 168 g/mol. The average Bonchev–Trinajstić information content (AvgIpc) is 2.67. The van der Waals surface area contributed by atoms with Crippen LogP contribution in [0.15, 0.2) is 0 Å². The molecule has 5 unspecified atom stereocenters. The van der Waals surface area contributed by atoms with E-state index in [9.17, 15) is 0 Å². The second kappa shape index (κ2) is 4.24. The van der Waals surface area contributed by atoms with Gasteiger partial charge >= 0.3 is 0 Å². The van der Waals surface area contributed by atoms with E-state index in [4.69, 9.17) is 0 Å². The van der Waals surface area contributed by atoms with E-state index in [2.05, 4.69) is 20.8 Å². The highest BCUT2D eigenvalue weighted by atomic mass is 14.4. The summed E-state index contributed by atoms with van der Waals surface area (Å²) in [6.45, 7) is 7.36. The number of rotatable bonds is 2. The fourth-order valence-electron chi connectivity index (χ4n) is 3.77. The van der Waals surface area contributed by atoms with Gasteiger partial charge < -0.3 is 0 Å². The molecule has 0 aromatic rings. The Bertz CT molecular complexity index is 184. The smallest absolute Gasteiger partial charge is 0.0383 e. The molecule has 2 aliphatic rings. The molecule has 14 heavy (non-hydrogen) atoms. The Labute approximate surface area is 89.5 Å². The normalized spacial score (nSPS) is 48.6. The molecule has 82 valence electrons. The second-order valence-electron chi connectivity index (χ2n) is 6.19. The lowest BCUT2D eigenvalue weighted by atomic mass is 9.84. The molecular formula is C14H26. The van der Waals surface area contributed by atoms with Gasteiger partial charge in [-0.2, -0.15) is 0 Å². The Balaban J connectivity index is 1.80. The van der Waals surface area contributed by atoms with E-state index in [0.717, 1.165) is 29.6 Å². The average molecular weight is 194 g/mol. The summed E-state index contributed by atoms with van der Waals surface area (Å²) in [5.41, 5.74) is 0. The summed E-state index contributed by atoms with van der Waals surface area (Å²) in [6, 6.07) is 0. The third-order valence-electron chi connectivity index (χ3n) is 5.07. The van der Waals surface area contributed by atoms with Gasteiger partial charge in [0.05, 0.1) is 0 Å². The molecule has 0 spiro atoms. The Morgan fingerprint density at radius 3 is 2.21 bits per heavy atom. The minimum absolute atomic E-state index is 0.999. The van der Waals surface area contributed by atoms with Gasteiger partial charge in [0.2, 0.25) is 0 Å². The van der Waals surface area contributed by atoms with Crippen LogP contribution in [-0.2, 0) is 0 Å². The molecule has 0 saturated heterocycles. The zero-order valence-electron chi connectivity index (χ0n) is 10.1. The summed E-state index contributed by atoms with van der Waals surface area (Å²) in [4.78, 5) is 0. The van der Waals surface area contributed by atoms with Crippen molar-refractivity contribution >= 4 is 0 Å². The first-order chi connectivity index (χ1) is 6.66. The molecule has 0 bridgehead atoms. The van der Waals surface area contributed by atoms with Gasteiger partial charge in [0, 0.05) is 0 Å². The maximum atomic E-state index is 2.49. The summed E-state index contributed by atoms with van der Waals surface area (Å²) < 4.78 is 0. The van der Waals surface area contributed by atoms with Gasteiger partial charge in [0.25, 0.3) is 0 Å². The highest BCUT2D eigenvalue weighted by Crippen LogP contribution is 2.43. The lowest BCUT2D eigenvalue weighted by molar-refractivity contribution is 0.289. The molecule has 0 N–H and O–H groups in total. The zero-order valence-corrected chi connectivity index (χ0v) is 10.1. The van der Waals surface area contributed by atoms with E-state index < -0.39 is 0 Å². The molecule has 0 radical (unpaired) electrons. The summed E-state index contributed by atoms with van der Waals surface area (Å²) >= 11 is 0. The van der Waals surface area contributed by atoms with E-state index in [0.29, 0.717) is 0 Å². The molecule has 2 fully saturated rings. The minimum atomic E-state index is 0.999. The SMILES string of the molecule is CC1CCC(CC2CCC(C)C2C)C1. The summed E-state index contributed by atoms with van der Waals surface area (Å²) in [5, 5.41) is 0. The van der Waals surface area contributed by atoms with Gasteiger partial charge in [-0.1, -0.05) is 40.0 Å². The third kappa shape index (κ3) is 2.15. The van der Waals surface area contributed by atoms with Crippen molar-refractivity contribution in [3.63, 3.8) is 0 Å². The lowest BCUT2D eigenvalue weighted by Gasteiger charge is -2.21. The maximum absolute atomic E-state index is 2.49. The van der Waals surface area contributed by atoms with Gasteiger partial charge in [-0.05, 0) is 48.9 Å². The molecule has 0 heteroatoms. The Hall–Kier alpha value is 0. The van der Waals surface area contributed by atoms with Gasteiger partial charge in [0.1, 0.15) is 0 Å². The molecule has 0 nitrogen and oxygen atoms in total. The van der Waals surface area contributed by atoms with Crippen molar-refractivity contribution < 1.29 is 0 Å². The Morgan fingerprint density at radius 2 is 1.71 bits per heavy atom.